The fourth-order valence-corrected chi connectivity index (χ4v) is 4.82. The summed E-state index contributed by atoms with van der Waals surface area (Å²) in [7, 11) is 0. The van der Waals surface area contributed by atoms with Gasteiger partial charge in [-0.2, -0.15) is 5.26 Å². The predicted molar refractivity (Wildman–Crippen MR) is 116 cm³/mol. The maximum atomic E-state index is 12.3. The van der Waals surface area contributed by atoms with Crippen molar-refractivity contribution in [1.29, 1.82) is 5.26 Å². The number of nitrogens with zero attached hydrogens (tertiary/aromatic N) is 1. The second-order valence-corrected chi connectivity index (χ2v) is 9.09. The lowest BCUT2D eigenvalue weighted by atomic mass is 9.85. The minimum absolute atomic E-state index is 0.133. The highest BCUT2D eigenvalue weighted by atomic mass is 35.5. The second kappa shape index (κ2) is 9.51. The van der Waals surface area contributed by atoms with E-state index >= 15 is 0 Å². The van der Waals surface area contributed by atoms with Gasteiger partial charge >= 0.3 is 0 Å². The van der Waals surface area contributed by atoms with Gasteiger partial charge in [0.15, 0.2) is 0 Å². The van der Waals surface area contributed by atoms with E-state index in [1.54, 1.807) is 24.3 Å². The molecule has 4 nitrogen and oxygen atoms in total. The molecule has 1 aromatic heterocycles. The number of fused-ring (bicyclic) bond motifs is 1. The zero-order valence-corrected chi connectivity index (χ0v) is 18.0. The summed E-state index contributed by atoms with van der Waals surface area (Å²) in [5.74, 6) is 1.17. The van der Waals surface area contributed by atoms with E-state index in [0.717, 1.165) is 40.0 Å². The Morgan fingerprint density at radius 3 is 2.86 bits per heavy atom. The topological polar surface area (TPSA) is 62.1 Å². The summed E-state index contributed by atoms with van der Waals surface area (Å²) in [5.41, 5.74) is 2.71. The van der Waals surface area contributed by atoms with Crippen LogP contribution in [0.5, 0.6) is 5.75 Å². The van der Waals surface area contributed by atoms with Crippen LogP contribution in [-0.4, -0.2) is 12.5 Å². The molecule has 3 rings (SSSR count). The summed E-state index contributed by atoms with van der Waals surface area (Å²) in [6.45, 7) is 2.63. The molecular weight excluding hydrogens is 412 g/mol. The third-order valence-electron chi connectivity index (χ3n) is 4.77. The van der Waals surface area contributed by atoms with E-state index in [4.69, 9.17) is 28.6 Å². The van der Waals surface area contributed by atoms with Crippen LogP contribution in [0.15, 0.2) is 24.3 Å². The standard InChI is InChI=1S/C21H21ClN2O2S2/c1-13-4-9-16-17(11-13)21(27)28-20(18(16)12-23)24-19(25)3-2-10-26-15-7-5-14(22)6-8-15/h5-8,13H,2-4,9-11H2,1H3,(H,24,25). The van der Waals surface area contributed by atoms with Crippen molar-refractivity contribution < 1.29 is 9.53 Å². The first kappa shape index (κ1) is 20.8. The molecule has 0 spiro atoms. The molecule has 1 N–H and O–H groups in total. The van der Waals surface area contributed by atoms with Gasteiger partial charge < -0.3 is 10.1 Å². The Labute approximate surface area is 179 Å². The van der Waals surface area contributed by atoms with Gasteiger partial charge in [-0.25, -0.2) is 0 Å². The smallest absolute Gasteiger partial charge is 0.225 e. The lowest BCUT2D eigenvalue weighted by molar-refractivity contribution is -0.116. The number of carbonyl (C=O) groups is 1. The third-order valence-corrected chi connectivity index (χ3v) is 6.46. The van der Waals surface area contributed by atoms with Crippen LogP contribution in [0, 0.1) is 21.1 Å². The predicted octanol–water partition coefficient (Wildman–Crippen LogP) is 5.93. The molecule has 1 aliphatic carbocycles. The summed E-state index contributed by atoms with van der Waals surface area (Å²) in [6.07, 6.45) is 3.68. The van der Waals surface area contributed by atoms with E-state index < -0.39 is 0 Å². The molecule has 1 amide bonds. The minimum Gasteiger partial charge on any atom is -0.494 e. The first-order chi connectivity index (χ1) is 13.5. The number of amides is 1. The average molecular weight is 433 g/mol. The van der Waals surface area contributed by atoms with E-state index in [1.807, 2.05) is 0 Å². The van der Waals surface area contributed by atoms with Crippen LogP contribution in [0.2, 0.25) is 5.02 Å². The molecule has 0 bridgehead atoms. The Kier molecular flexibility index (Phi) is 7.06. The SMILES string of the molecule is CC1CCc2c(C#N)c(NC(=O)CCCOc3ccc(Cl)cc3)sc(=S)c2C1. The van der Waals surface area contributed by atoms with Crippen LogP contribution >= 0.6 is 35.2 Å². The van der Waals surface area contributed by atoms with Crippen LogP contribution in [0.4, 0.5) is 5.00 Å². The summed E-state index contributed by atoms with van der Waals surface area (Å²) in [6, 6.07) is 9.39. The zero-order chi connectivity index (χ0) is 20.1. The van der Waals surface area contributed by atoms with Crippen molar-refractivity contribution in [3.05, 3.63) is 49.8 Å². The molecule has 1 aromatic carbocycles. The Balaban J connectivity index is 1.59. The second-order valence-electron chi connectivity index (χ2n) is 6.96. The van der Waals surface area contributed by atoms with Crippen LogP contribution in [0.3, 0.4) is 0 Å². The van der Waals surface area contributed by atoms with Gasteiger partial charge in [-0.05, 0) is 67.0 Å². The summed E-state index contributed by atoms with van der Waals surface area (Å²) < 4.78 is 6.38. The minimum atomic E-state index is -0.133. The van der Waals surface area contributed by atoms with Gasteiger partial charge in [0.05, 0.1) is 16.0 Å². The number of anilines is 1. The van der Waals surface area contributed by atoms with Gasteiger partial charge in [-0.1, -0.05) is 30.7 Å². The van der Waals surface area contributed by atoms with Crippen molar-refractivity contribution in [2.75, 3.05) is 11.9 Å². The molecule has 28 heavy (non-hydrogen) atoms. The number of hydrogen-bond donors (Lipinski definition) is 1. The largest absolute Gasteiger partial charge is 0.494 e. The number of nitriles is 1. The quantitative estimate of drug-likeness (QED) is 0.454. The van der Waals surface area contributed by atoms with E-state index in [1.165, 1.54) is 11.3 Å². The lowest BCUT2D eigenvalue weighted by Gasteiger charge is -2.23. The van der Waals surface area contributed by atoms with Gasteiger partial charge in [0.1, 0.15) is 16.8 Å². The monoisotopic (exact) mass is 432 g/mol. The number of hydrogen-bond acceptors (Lipinski definition) is 5. The van der Waals surface area contributed by atoms with E-state index in [2.05, 4.69) is 18.3 Å². The van der Waals surface area contributed by atoms with Gasteiger partial charge in [-0.15, -0.1) is 11.3 Å². The average Bonchev–Trinajstić information content (AvgIpc) is 2.67. The van der Waals surface area contributed by atoms with Crippen molar-refractivity contribution in [2.24, 2.45) is 5.92 Å². The number of carbonyl (C=O) groups excluding carboxylic acids is 1. The zero-order valence-electron chi connectivity index (χ0n) is 15.6. The highest BCUT2D eigenvalue weighted by Crippen LogP contribution is 2.36. The van der Waals surface area contributed by atoms with Crippen LogP contribution < -0.4 is 10.1 Å². The maximum absolute atomic E-state index is 12.3. The Morgan fingerprint density at radius 1 is 1.39 bits per heavy atom. The van der Waals surface area contributed by atoms with Crippen LogP contribution in [0.1, 0.15) is 42.9 Å². The number of rotatable bonds is 6. The normalized spacial score (nSPS) is 15.4. The molecule has 0 saturated carbocycles. The van der Waals surface area contributed by atoms with Crippen molar-refractivity contribution in [2.45, 2.75) is 39.0 Å². The molecule has 7 heteroatoms. The van der Waals surface area contributed by atoms with Crippen LogP contribution in [0.25, 0.3) is 0 Å². The van der Waals surface area contributed by atoms with Gasteiger partial charge in [0.25, 0.3) is 0 Å². The first-order valence-corrected chi connectivity index (χ1v) is 10.9. The fraction of sp³-hybridized carbons (Fsp3) is 0.381. The summed E-state index contributed by atoms with van der Waals surface area (Å²) >= 11 is 12.7. The van der Waals surface area contributed by atoms with E-state index in [0.29, 0.717) is 41.0 Å². The summed E-state index contributed by atoms with van der Waals surface area (Å²) in [5, 5.41) is 13.8. The highest BCUT2D eigenvalue weighted by molar-refractivity contribution is 7.73. The molecule has 0 aliphatic heterocycles. The van der Waals surface area contributed by atoms with Gasteiger partial charge in [0.2, 0.25) is 5.91 Å². The number of ether oxygens (including phenoxy) is 1. The molecule has 2 aromatic rings. The van der Waals surface area contributed by atoms with Crippen LogP contribution in [-0.2, 0) is 17.6 Å². The van der Waals surface area contributed by atoms with Gasteiger partial charge in [0, 0.05) is 11.4 Å². The van der Waals surface area contributed by atoms with Crippen molar-refractivity contribution in [3.8, 4) is 11.8 Å². The molecular formula is C21H21ClN2O2S2. The molecule has 0 saturated heterocycles. The Bertz CT molecular complexity index is 964. The van der Waals surface area contributed by atoms with Crippen molar-refractivity contribution in [1.82, 2.24) is 0 Å². The number of halogens is 1. The lowest BCUT2D eigenvalue weighted by Crippen LogP contribution is -2.17. The molecule has 1 aliphatic rings. The molecule has 146 valence electrons. The van der Waals surface area contributed by atoms with Gasteiger partial charge in [-0.3, -0.25) is 4.79 Å². The van der Waals surface area contributed by atoms with E-state index in [-0.39, 0.29) is 5.91 Å². The molecule has 0 fully saturated rings. The highest BCUT2D eigenvalue weighted by Gasteiger charge is 2.23. The molecule has 1 unspecified atom stereocenters. The van der Waals surface area contributed by atoms with Crippen molar-refractivity contribution >= 4 is 46.1 Å². The molecule has 1 atom stereocenters. The molecule has 0 radical (unpaired) electrons. The molecule has 1 heterocycles. The van der Waals surface area contributed by atoms with Crippen molar-refractivity contribution in [3.63, 3.8) is 0 Å². The summed E-state index contributed by atoms with van der Waals surface area (Å²) in [4.78, 5) is 12.3. The number of nitrogens with one attached hydrogen (secondary N) is 1. The Morgan fingerprint density at radius 2 is 2.14 bits per heavy atom. The van der Waals surface area contributed by atoms with E-state index in [9.17, 15) is 10.1 Å². The Hall–Kier alpha value is -1.94. The first-order valence-electron chi connectivity index (χ1n) is 9.25. The third kappa shape index (κ3) is 5.11. The fourth-order valence-electron chi connectivity index (χ4n) is 3.29. The maximum Gasteiger partial charge on any atom is 0.225 e. The number of benzene rings is 1.